The number of benzene rings is 3. The zero-order valence-corrected chi connectivity index (χ0v) is 17.8. The van der Waals surface area contributed by atoms with Gasteiger partial charge in [0.25, 0.3) is 0 Å². The monoisotopic (exact) mass is 413 g/mol. The number of ether oxygens (including phenoxy) is 2. The summed E-state index contributed by atoms with van der Waals surface area (Å²) in [6.07, 6.45) is 3.75. The van der Waals surface area contributed by atoms with E-state index in [2.05, 4.69) is 73.5 Å². The van der Waals surface area contributed by atoms with E-state index >= 15 is 0 Å². The van der Waals surface area contributed by atoms with Crippen molar-refractivity contribution < 1.29 is 14.3 Å². The quantitative estimate of drug-likeness (QED) is 0.128. The maximum Gasteiger partial charge on any atom is 0.335 e. The molecule has 0 heterocycles. The smallest absolute Gasteiger partial charge is 0.335 e. The minimum Gasteiger partial charge on any atom is -0.423 e. The van der Waals surface area contributed by atoms with Crippen molar-refractivity contribution >= 4 is 23.0 Å². The second-order valence-corrected chi connectivity index (χ2v) is 7.07. The highest BCUT2D eigenvalue weighted by Gasteiger charge is 2.13. The summed E-state index contributed by atoms with van der Waals surface area (Å²) in [5.41, 5.74) is 5.46. The number of esters is 1. The minimum absolute atomic E-state index is 0.476. The molecule has 0 bridgehead atoms. The van der Waals surface area contributed by atoms with Gasteiger partial charge < -0.3 is 14.4 Å². The first-order valence-corrected chi connectivity index (χ1v) is 10.2. The Hall–Kier alpha value is -3.63. The van der Waals surface area contributed by atoms with Gasteiger partial charge in [0.05, 0.1) is 13.2 Å². The maximum atomic E-state index is 11.5. The second kappa shape index (κ2) is 11.0. The Kier molecular flexibility index (Phi) is 7.79. The van der Waals surface area contributed by atoms with E-state index < -0.39 is 5.97 Å². The third-order valence-electron chi connectivity index (χ3n) is 4.74. The number of aryl methyl sites for hydroxylation is 1. The predicted octanol–water partition coefficient (Wildman–Crippen LogP) is 6.30. The summed E-state index contributed by atoms with van der Waals surface area (Å²) in [4.78, 5) is 13.6. The summed E-state index contributed by atoms with van der Waals surface area (Å²) in [6, 6.07) is 24.3. The molecular formula is C27H27NO3. The van der Waals surface area contributed by atoms with E-state index in [1.54, 1.807) is 18.2 Å². The van der Waals surface area contributed by atoms with Gasteiger partial charge in [0.2, 0.25) is 0 Å². The number of hydrogen-bond donors (Lipinski definition) is 0. The van der Waals surface area contributed by atoms with Gasteiger partial charge in [-0.15, -0.1) is 6.58 Å². The van der Waals surface area contributed by atoms with Crippen LogP contribution in [-0.2, 0) is 16.0 Å². The van der Waals surface area contributed by atoms with Gasteiger partial charge in [-0.05, 0) is 67.4 Å². The summed E-state index contributed by atoms with van der Waals surface area (Å²) in [7, 11) is 0. The lowest BCUT2D eigenvalue weighted by Crippen LogP contribution is -2.10. The van der Waals surface area contributed by atoms with Crippen LogP contribution in [-0.4, -0.2) is 19.2 Å². The van der Waals surface area contributed by atoms with Crippen LogP contribution in [0.4, 0.5) is 17.1 Å². The van der Waals surface area contributed by atoms with Gasteiger partial charge in [0, 0.05) is 23.1 Å². The molecule has 0 N–H and O–H groups in total. The molecule has 0 fully saturated rings. The Bertz CT molecular complexity index is 1010. The summed E-state index contributed by atoms with van der Waals surface area (Å²) in [5.74, 6) is 0.00294. The van der Waals surface area contributed by atoms with Crippen LogP contribution in [0.15, 0.2) is 98.1 Å². The molecular weight excluding hydrogens is 386 g/mol. The van der Waals surface area contributed by atoms with Gasteiger partial charge in [0.15, 0.2) is 0 Å². The first-order chi connectivity index (χ1) is 15.1. The highest BCUT2D eigenvalue weighted by molar-refractivity contribution is 5.83. The molecule has 3 aromatic rings. The molecule has 0 aromatic heterocycles. The molecule has 0 saturated carbocycles. The van der Waals surface area contributed by atoms with Gasteiger partial charge in [-0.2, -0.15) is 0 Å². The fourth-order valence-electron chi connectivity index (χ4n) is 3.13. The average molecular weight is 414 g/mol. The van der Waals surface area contributed by atoms with Crippen molar-refractivity contribution in [2.75, 3.05) is 18.1 Å². The van der Waals surface area contributed by atoms with Crippen LogP contribution in [0.1, 0.15) is 11.1 Å². The molecule has 0 atom stereocenters. The molecule has 0 radical (unpaired) electrons. The molecule has 31 heavy (non-hydrogen) atoms. The zero-order valence-electron chi connectivity index (χ0n) is 17.8. The fourth-order valence-corrected chi connectivity index (χ4v) is 3.13. The number of hydrogen-bond acceptors (Lipinski definition) is 4. The lowest BCUT2D eigenvalue weighted by atomic mass is 10.1. The van der Waals surface area contributed by atoms with E-state index in [9.17, 15) is 4.79 Å². The van der Waals surface area contributed by atoms with Crippen LogP contribution in [0, 0.1) is 6.92 Å². The van der Waals surface area contributed by atoms with Crippen LogP contribution in [0.2, 0.25) is 0 Å². The van der Waals surface area contributed by atoms with E-state index in [-0.39, 0.29) is 0 Å². The molecule has 3 rings (SSSR count). The highest BCUT2D eigenvalue weighted by Crippen LogP contribution is 2.35. The number of carbonyl (C=O) groups is 1. The predicted molar refractivity (Wildman–Crippen MR) is 126 cm³/mol. The van der Waals surface area contributed by atoms with Gasteiger partial charge >= 0.3 is 5.97 Å². The molecule has 0 unspecified atom stereocenters. The lowest BCUT2D eigenvalue weighted by molar-refractivity contribution is -0.128. The minimum atomic E-state index is -0.476. The normalized spacial score (nSPS) is 10.4. The van der Waals surface area contributed by atoms with Crippen molar-refractivity contribution in [3.05, 3.63) is 109 Å². The molecule has 158 valence electrons. The van der Waals surface area contributed by atoms with Gasteiger partial charge in [0.1, 0.15) is 5.75 Å². The Morgan fingerprint density at radius 2 is 1.42 bits per heavy atom. The van der Waals surface area contributed by atoms with E-state index in [0.29, 0.717) is 19.0 Å². The molecule has 3 aromatic carbocycles. The van der Waals surface area contributed by atoms with Crippen molar-refractivity contribution in [1.29, 1.82) is 0 Å². The van der Waals surface area contributed by atoms with Crippen molar-refractivity contribution in [3.63, 3.8) is 0 Å². The Labute approximate surface area is 184 Å². The highest BCUT2D eigenvalue weighted by atomic mass is 16.5. The van der Waals surface area contributed by atoms with Crippen LogP contribution >= 0.6 is 0 Å². The van der Waals surface area contributed by atoms with E-state index in [4.69, 9.17) is 9.47 Å². The van der Waals surface area contributed by atoms with Crippen molar-refractivity contribution in [2.24, 2.45) is 0 Å². The standard InChI is InChI=1S/C27H27NO3/c1-4-19-30-20-18-22-8-12-24(13-9-22)28(23-10-6-21(3)7-11-23)25-14-16-26(17-15-25)31-27(29)5-2/h4-17H,1-2,18-20H2,3H3. The SMILES string of the molecule is C=CCOCCc1ccc(N(c2ccc(C)cc2)c2ccc(OC(=O)C=C)cc2)cc1. The largest absolute Gasteiger partial charge is 0.423 e. The average Bonchev–Trinajstić information content (AvgIpc) is 2.80. The number of rotatable bonds is 10. The van der Waals surface area contributed by atoms with Crippen LogP contribution in [0.25, 0.3) is 0 Å². The molecule has 0 saturated heterocycles. The number of carbonyl (C=O) groups excluding carboxylic acids is 1. The first kappa shape index (κ1) is 22.1. The number of anilines is 3. The van der Waals surface area contributed by atoms with Crippen molar-refractivity contribution in [3.8, 4) is 5.75 Å². The first-order valence-electron chi connectivity index (χ1n) is 10.2. The van der Waals surface area contributed by atoms with Gasteiger partial charge in [-0.25, -0.2) is 4.79 Å². The Morgan fingerprint density at radius 3 is 1.97 bits per heavy atom. The summed E-state index contributed by atoms with van der Waals surface area (Å²) in [6.45, 7) is 10.4. The van der Waals surface area contributed by atoms with Crippen LogP contribution in [0.3, 0.4) is 0 Å². The molecule has 0 aliphatic carbocycles. The van der Waals surface area contributed by atoms with Crippen molar-refractivity contribution in [1.82, 2.24) is 0 Å². The summed E-state index contributed by atoms with van der Waals surface area (Å²) >= 11 is 0. The van der Waals surface area contributed by atoms with E-state index in [0.717, 1.165) is 29.6 Å². The van der Waals surface area contributed by atoms with Crippen LogP contribution in [0.5, 0.6) is 5.75 Å². The van der Waals surface area contributed by atoms with Crippen molar-refractivity contribution in [2.45, 2.75) is 13.3 Å². The second-order valence-electron chi connectivity index (χ2n) is 7.07. The summed E-state index contributed by atoms with van der Waals surface area (Å²) < 4.78 is 10.7. The van der Waals surface area contributed by atoms with E-state index in [1.165, 1.54) is 11.1 Å². The fraction of sp³-hybridized carbons (Fsp3) is 0.148. The molecule has 0 spiro atoms. The summed E-state index contributed by atoms with van der Waals surface area (Å²) in [5, 5.41) is 0. The topological polar surface area (TPSA) is 38.8 Å². The van der Waals surface area contributed by atoms with Crippen LogP contribution < -0.4 is 9.64 Å². The maximum absolute atomic E-state index is 11.5. The van der Waals surface area contributed by atoms with E-state index in [1.807, 2.05) is 12.1 Å². The molecule has 0 aliphatic rings. The molecule has 0 aliphatic heterocycles. The number of nitrogens with zero attached hydrogens (tertiary/aromatic N) is 1. The van der Waals surface area contributed by atoms with Gasteiger partial charge in [-0.3, -0.25) is 0 Å². The lowest BCUT2D eigenvalue weighted by Gasteiger charge is -2.26. The molecule has 4 heteroatoms. The third kappa shape index (κ3) is 6.17. The zero-order chi connectivity index (χ0) is 22.1. The Balaban J connectivity index is 1.87. The van der Waals surface area contributed by atoms with Gasteiger partial charge in [-0.1, -0.05) is 42.5 Å². The Morgan fingerprint density at radius 1 is 0.871 bits per heavy atom. The molecule has 0 amide bonds. The molecule has 4 nitrogen and oxygen atoms in total. The third-order valence-corrected chi connectivity index (χ3v) is 4.74.